The molecule has 0 spiro atoms. The summed E-state index contributed by atoms with van der Waals surface area (Å²) in [5, 5.41) is 13.0. The first kappa shape index (κ1) is 14.6. The molecule has 1 fully saturated rings. The molecule has 2 aliphatic rings. The molecule has 0 saturated heterocycles. The molecule has 1 aliphatic heterocycles. The highest BCUT2D eigenvalue weighted by Crippen LogP contribution is 2.24. The van der Waals surface area contributed by atoms with E-state index < -0.39 is 0 Å². The fraction of sp³-hybridized carbons (Fsp3) is 0.611. The molecule has 1 atom stereocenters. The average molecular weight is 283 g/mol. The van der Waals surface area contributed by atoms with E-state index in [2.05, 4.69) is 47.5 Å². The minimum Gasteiger partial charge on any atom is -0.303 e. The Balaban J connectivity index is 1.53. The van der Waals surface area contributed by atoms with E-state index >= 15 is 0 Å². The monoisotopic (exact) mass is 283 g/mol. The van der Waals surface area contributed by atoms with Crippen molar-refractivity contribution in [1.29, 1.82) is 5.26 Å². The molecule has 0 amide bonds. The van der Waals surface area contributed by atoms with Gasteiger partial charge in [0.05, 0.1) is 6.07 Å². The van der Waals surface area contributed by atoms with Crippen molar-refractivity contribution in [2.75, 3.05) is 19.6 Å². The molecule has 0 radical (unpaired) electrons. The van der Waals surface area contributed by atoms with Gasteiger partial charge in [-0.05, 0) is 50.2 Å². The maximum Gasteiger partial charge on any atom is 0.105 e. The first-order chi connectivity index (χ1) is 10.2. The van der Waals surface area contributed by atoms with Crippen LogP contribution in [0, 0.1) is 11.3 Å². The van der Waals surface area contributed by atoms with Crippen molar-refractivity contribution in [3.63, 3.8) is 0 Å². The first-order valence-corrected chi connectivity index (χ1v) is 8.17. The van der Waals surface area contributed by atoms with Crippen LogP contribution >= 0.6 is 0 Å². The molecule has 112 valence electrons. The molecule has 1 N–H and O–H groups in total. The van der Waals surface area contributed by atoms with Gasteiger partial charge in [0.1, 0.15) is 5.54 Å². The number of fused-ring (bicyclic) bond motifs is 1. The molecule has 1 heterocycles. The highest BCUT2D eigenvalue weighted by molar-refractivity contribution is 5.28. The number of hydrogen-bond donors (Lipinski definition) is 1. The Labute approximate surface area is 128 Å². The Morgan fingerprint density at radius 1 is 1.24 bits per heavy atom. The van der Waals surface area contributed by atoms with Crippen LogP contribution in [0.1, 0.15) is 37.3 Å². The van der Waals surface area contributed by atoms with Gasteiger partial charge in [0.15, 0.2) is 0 Å². The van der Waals surface area contributed by atoms with Crippen molar-refractivity contribution in [1.82, 2.24) is 10.2 Å². The zero-order valence-electron chi connectivity index (χ0n) is 12.9. The lowest BCUT2D eigenvalue weighted by atomic mass is 9.99. The van der Waals surface area contributed by atoms with E-state index in [-0.39, 0.29) is 5.54 Å². The van der Waals surface area contributed by atoms with E-state index in [1.165, 1.54) is 24.0 Å². The van der Waals surface area contributed by atoms with Crippen LogP contribution in [0.5, 0.6) is 0 Å². The van der Waals surface area contributed by atoms with Gasteiger partial charge in [0.2, 0.25) is 0 Å². The first-order valence-electron chi connectivity index (χ1n) is 8.17. The third kappa shape index (κ3) is 3.84. The number of benzene rings is 1. The summed E-state index contributed by atoms with van der Waals surface area (Å²) in [5.41, 5.74) is 2.64. The molecule has 1 aliphatic carbocycles. The third-order valence-electron chi connectivity index (χ3n) is 4.79. The van der Waals surface area contributed by atoms with Crippen molar-refractivity contribution in [3.05, 3.63) is 35.4 Å². The molecule has 1 saturated carbocycles. The van der Waals surface area contributed by atoms with Gasteiger partial charge < -0.3 is 4.90 Å². The SMILES string of the molecule is CC(C#N)(CCN1CCc2ccccc2CC1)NC1CC1. The summed E-state index contributed by atoms with van der Waals surface area (Å²) in [7, 11) is 0. The van der Waals surface area contributed by atoms with E-state index in [4.69, 9.17) is 0 Å². The predicted octanol–water partition coefficient (Wildman–Crippen LogP) is 2.51. The van der Waals surface area contributed by atoms with E-state index in [0.717, 1.165) is 38.9 Å². The summed E-state index contributed by atoms with van der Waals surface area (Å²) in [5.74, 6) is 0. The molecule has 0 bridgehead atoms. The van der Waals surface area contributed by atoms with Crippen LogP contribution in [0.15, 0.2) is 24.3 Å². The van der Waals surface area contributed by atoms with Gasteiger partial charge in [-0.15, -0.1) is 0 Å². The normalized spacial score (nSPS) is 21.9. The van der Waals surface area contributed by atoms with Crippen molar-refractivity contribution in [2.45, 2.75) is 50.6 Å². The Morgan fingerprint density at radius 3 is 2.38 bits per heavy atom. The number of nitrogens with one attached hydrogen (secondary N) is 1. The van der Waals surface area contributed by atoms with Crippen LogP contribution in [0.25, 0.3) is 0 Å². The molecular weight excluding hydrogens is 258 g/mol. The summed E-state index contributed by atoms with van der Waals surface area (Å²) in [6.07, 6.45) is 5.65. The smallest absolute Gasteiger partial charge is 0.105 e. The molecule has 1 aromatic rings. The molecule has 1 aromatic carbocycles. The maximum atomic E-state index is 9.46. The van der Waals surface area contributed by atoms with Gasteiger partial charge in [-0.3, -0.25) is 5.32 Å². The van der Waals surface area contributed by atoms with Crippen molar-refractivity contribution >= 4 is 0 Å². The molecule has 1 unspecified atom stereocenters. The Bertz CT molecular complexity index is 503. The third-order valence-corrected chi connectivity index (χ3v) is 4.79. The van der Waals surface area contributed by atoms with E-state index in [9.17, 15) is 5.26 Å². The highest BCUT2D eigenvalue weighted by Gasteiger charge is 2.32. The van der Waals surface area contributed by atoms with Crippen LogP contribution < -0.4 is 5.32 Å². The summed E-state index contributed by atoms with van der Waals surface area (Å²) < 4.78 is 0. The molecule has 3 heteroatoms. The summed E-state index contributed by atoms with van der Waals surface area (Å²) in [6.45, 7) is 5.29. The van der Waals surface area contributed by atoms with Gasteiger partial charge in [0, 0.05) is 25.7 Å². The fourth-order valence-corrected chi connectivity index (χ4v) is 3.16. The Kier molecular flexibility index (Phi) is 4.28. The van der Waals surface area contributed by atoms with Crippen LogP contribution in [-0.2, 0) is 12.8 Å². The second-order valence-corrected chi connectivity index (χ2v) is 6.72. The molecule has 3 nitrogen and oxygen atoms in total. The Hall–Kier alpha value is -1.37. The van der Waals surface area contributed by atoms with Crippen LogP contribution in [0.4, 0.5) is 0 Å². The fourth-order valence-electron chi connectivity index (χ4n) is 3.16. The zero-order chi connectivity index (χ0) is 14.7. The van der Waals surface area contributed by atoms with Crippen LogP contribution in [0.3, 0.4) is 0 Å². The summed E-state index contributed by atoms with van der Waals surface area (Å²) >= 11 is 0. The largest absolute Gasteiger partial charge is 0.303 e. The number of rotatable bonds is 5. The van der Waals surface area contributed by atoms with Gasteiger partial charge >= 0.3 is 0 Å². The standard InChI is InChI=1S/C18H25N3/c1-18(14-19,20-17-6-7-17)10-13-21-11-8-15-4-2-3-5-16(15)9-12-21/h2-5,17,20H,6-13H2,1H3. The number of nitriles is 1. The molecular formula is C18H25N3. The maximum absolute atomic E-state index is 9.46. The second-order valence-electron chi connectivity index (χ2n) is 6.72. The predicted molar refractivity (Wildman–Crippen MR) is 85.1 cm³/mol. The minimum absolute atomic E-state index is 0.361. The topological polar surface area (TPSA) is 39.1 Å². The minimum atomic E-state index is -0.361. The lowest BCUT2D eigenvalue weighted by Crippen LogP contribution is -2.45. The quantitative estimate of drug-likeness (QED) is 0.902. The van der Waals surface area contributed by atoms with Crippen LogP contribution in [0.2, 0.25) is 0 Å². The highest BCUT2D eigenvalue weighted by atomic mass is 15.1. The lowest BCUT2D eigenvalue weighted by molar-refractivity contribution is 0.253. The van der Waals surface area contributed by atoms with Crippen LogP contribution in [-0.4, -0.2) is 36.1 Å². The second kappa shape index (κ2) is 6.17. The van der Waals surface area contributed by atoms with Crippen molar-refractivity contribution in [3.8, 4) is 6.07 Å². The van der Waals surface area contributed by atoms with E-state index in [1.54, 1.807) is 0 Å². The van der Waals surface area contributed by atoms with Gasteiger partial charge in [0.25, 0.3) is 0 Å². The number of hydrogen-bond acceptors (Lipinski definition) is 3. The summed E-state index contributed by atoms with van der Waals surface area (Å²) in [6, 6.07) is 11.9. The van der Waals surface area contributed by atoms with E-state index in [1.807, 2.05) is 0 Å². The van der Waals surface area contributed by atoms with Gasteiger partial charge in [-0.25, -0.2) is 0 Å². The molecule has 21 heavy (non-hydrogen) atoms. The van der Waals surface area contributed by atoms with Crippen molar-refractivity contribution in [2.24, 2.45) is 0 Å². The average Bonchev–Trinajstić information content (AvgIpc) is 3.32. The van der Waals surface area contributed by atoms with Gasteiger partial charge in [-0.2, -0.15) is 5.26 Å². The van der Waals surface area contributed by atoms with Crippen molar-refractivity contribution < 1.29 is 0 Å². The van der Waals surface area contributed by atoms with E-state index in [0.29, 0.717) is 6.04 Å². The number of nitrogens with zero attached hydrogens (tertiary/aromatic N) is 2. The molecule has 0 aromatic heterocycles. The lowest BCUT2D eigenvalue weighted by Gasteiger charge is -2.27. The van der Waals surface area contributed by atoms with Gasteiger partial charge in [-0.1, -0.05) is 24.3 Å². The Morgan fingerprint density at radius 2 is 1.86 bits per heavy atom. The zero-order valence-corrected chi connectivity index (χ0v) is 12.9. The molecule has 3 rings (SSSR count). The summed E-state index contributed by atoms with van der Waals surface area (Å²) in [4.78, 5) is 2.52.